The van der Waals surface area contributed by atoms with Gasteiger partial charge in [-0.25, -0.2) is 9.78 Å². The number of nitrogens with zero attached hydrogens (tertiary/aromatic N) is 2. The highest BCUT2D eigenvalue weighted by Gasteiger charge is 2.49. The Morgan fingerprint density at radius 1 is 1.21 bits per heavy atom. The average Bonchev–Trinajstić information content (AvgIpc) is 3.05. The molecule has 1 unspecified atom stereocenters. The van der Waals surface area contributed by atoms with Crippen molar-refractivity contribution in [3.8, 4) is 0 Å². The molecule has 1 saturated heterocycles. The van der Waals surface area contributed by atoms with Gasteiger partial charge in [-0.3, -0.25) is 14.5 Å². The Morgan fingerprint density at radius 2 is 1.93 bits per heavy atom. The van der Waals surface area contributed by atoms with E-state index in [2.05, 4.69) is 15.6 Å². The highest BCUT2D eigenvalue weighted by molar-refractivity contribution is 7.15. The van der Waals surface area contributed by atoms with Crippen LogP contribution in [0.5, 0.6) is 0 Å². The van der Waals surface area contributed by atoms with E-state index in [1.165, 1.54) is 22.6 Å². The van der Waals surface area contributed by atoms with Crippen molar-refractivity contribution in [1.82, 2.24) is 15.2 Å². The Balaban J connectivity index is 1.45. The van der Waals surface area contributed by atoms with Crippen LogP contribution in [-0.2, 0) is 28.0 Å². The molecule has 7 nitrogen and oxygen atoms in total. The van der Waals surface area contributed by atoms with E-state index in [-0.39, 0.29) is 6.54 Å². The SMILES string of the molecule is Cc1ccc(C2(C)NC(=O)N(CC(=O)Nc3nc4c(s3)CCCCC4)C2=O)cc1. The van der Waals surface area contributed by atoms with Crippen molar-refractivity contribution in [2.24, 2.45) is 0 Å². The fourth-order valence-corrected chi connectivity index (χ4v) is 4.87. The fraction of sp³-hybridized carbons (Fsp3) is 0.429. The largest absolute Gasteiger partial charge is 0.325 e. The lowest BCUT2D eigenvalue weighted by Gasteiger charge is -2.22. The summed E-state index contributed by atoms with van der Waals surface area (Å²) < 4.78 is 0. The number of thiazole rings is 1. The van der Waals surface area contributed by atoms with E-state index in [4.69, 9.17) is 0 Å². The first kappa shape index (κ1) is 19.6. The van der Waals surface area contributed by atoms with Crippen molar-refractivity contribution < 1.29 is 14.4 Å². The lowest BCUT2D eigenvalue weighted by molar-refractivity contribution is -0.133. The zero-order chi connectivity index (χ0) is 20.6. The lowest BCUT2D eigenvalue weighted by Crippen LogP contribution is -2.42. The van der Waals surface area contributed by atoms with Crippen LogP contribution in [0.15, 0.2) is 24.3 Å². The van der Waals surface area contributed by atoms with Crippen molar-refractivity contribution in [2.75, 3.05) is 11.9 Å². The van der Waals surface area contributed by atoms with E-state index < -0.39 is 23.4 Å². The number of carbonyl (C=O) groups is 3. The molecule has 29 heavy (non-hydrogen) atoms. The number of carbonyl (C=O) groups excluding carboxylic acids is 3. The second-order valence-electron chi connectivity index (χ2n) is 7.81. The number of aromatic nitrogens is 1. The predicted molar refractivity (Wildman–Crippen MR) is 111 cm³/mol. The number of fused-ring (bicyclic) bond motifs is 1. The molecule has 2 aliphatic rings. The Kier molecular flexibility index (Phi) is 5.12. The number of imide groups is 1. The summed E-state index contributed by atoms with van der Waals surface area (Å²) in [7, 11) is 0. The van der Waals surface area contributed by atoms with Gasteiger partial charge >= 0.3 is 6.03 Å². The molecule has 2 aromatic rings. The van der Waals surface area contributed by atoms with Gasteiger partial charge in [0.15, 0.2) is 5.13 Å². The highest BCUT2D eigenvalue weighted by Crippen LogP contribution is 2.30. The molecule has 2 heterocycles. The molecule has 1 aromatic carbocycles. The molecule has 8 heteroatoms. The zero-order valence-corrected chi connectivity index (χ0v) is 17.4. The molecule has 152 valence electrons. The molecule has 2 N–H and O–H groups in total. The summed E-state index contributed by atoms with van der Waals surface area (Å²) in [4.78, 5) is 44.6. The third-order valence-electron chi connectivity index (χ3n) is 5.55. The average molecular weight is 413 g/mol. The quantitative estimate of drug-likeness (QED) is 0.596. The smallest absolute Gasteiger partial charge is 0.319 e. The van der Waals surface area contributed by atoms with Crippen LogP contribution < -0.4 is 10.6 Å². The molecule has 4 amide bonds. The summed E-state index contributed by atoms with van der Waals surface area (Å²) in [6.45, 7) is 3.28. The molecule has 0 spiro atoms. The van der Waals surface area contributed by atoms with E-state index >= 15 is 0 Å². The summed E-state index contributed by atoms with van der Waals surface area (Å²) >= 11 is 1.49. The Morgan fingerprint density at radius 3 is 2.69 bits per heavy atom. The van der Waals surface area contributed by atoms with Gasteiger partial charge in [-0.05, 0) is 45.1 Å². The first-order valence-corrected chi connectivity index (χ1v) is 10.7. The Labute approximate surface area is 173 Å². The lowest BCUT2D eigenvalue weighted by atomic mass is 9.91. The van der Waals surface area contributed by atoms with Crippen LogP contribution in [0, 0.1) is 6.92 Å². The molecule has 0 bridgehead atoms. The maximum absolute atomic E-state index is 13.0. The van der Waals surface area contributed by atoms with Crippen molar-refractivity contribution in [3.05, 3.63) is 46.0 Å². The Bertz CT molecular complexity index is 945. The second-order valence-corrected chi connectivity index (χ2v) is 8.89. The number of nitrogens with one attached hydrogen (secondary N) is 2. The summed E-state index contributed by atoms with van der Waals surface area (Å²) in [5.41, 5.74) is 1.63. The number of amides is 4. The number of anilines is 1. The van der Waals surface area contributed by atoms with Gasteiger partial charge in [0, 0.05) is 4.88 Å². The maximum Gasteiger partial charge on any atom is 0.325 e. The number of benzene rings is 1. The van der Waals surface area contributed by atoms with Crippen LogP contribution in [-0.4, -0.2) is 34.3 Å². The van der Waals surface area contributed by atoms with Gasteiger partial charge in [0.2, 0.25) is 5.91 Å². The summed E-state index contributed by atoms with van der Waals surface area (Å²) in [6, 6.07) is 6.85. The van der Waals surface area contributed by atoms with Crippen molar-refractivity contribution in [2.45, 2.75) is 51.5 Å². The molecular weight excluding hydrogens is 388 g/mol. The monoisotopic (exact) mass is 412 g/mol. The summed E-state index contributed by atoms with van der Waals surface area (Å²) in [5, 5.41) is 6.02. The first-order valence-electron chi connectivity index (χ1n) is 9.86. The Hall–Kier alpha value is -2.74. The molecule has 1 aromatic heterocycles. The second kappa shape index (κ2) is 7.59. The van der Waals surface area contributed by atoms with Gasteiger partial charge in [-0.2, -0.15) is 0 Å². The normalized spacial score (nSPS) is 21.5. The van der Waals surface area contributed by atoms with E-state index in [0.29, 0.717) is 10.7 Å². The van der Waals surface area contributed by atoms with Gasteiger partial charge in [0.05, 0.1) is 5.69 Å². The molecule has 4 rings (SSSR count). The minimum Gasteiger partial charge on any atom is -0.319 e. The van der Waals surface area contributed by atoms with E-state index in [9.17, 15) is 14.4 Å². The van der Waals surface area contributed by atoms with Gasteiger partial charge in [-0.1, -0.05) is 36.2 Å². The molecular formula is C21H24N4O3S. The molecule has 1 aliphatic carbocycles. The summed E-state index contributed by atoms with van der Waals surface area (Å²) in [5.74, 6) is -0.859. The number of hydrogen-bond acceptors (Lipinski definition) is 5. The van der Waals surface area contributed by atoms with E-state index in [1.807, 2.05) is 31.2 Å². The number of urea groups is 1. The number of rotatable bonds is 4. The van der Waals surface area contributed by atoms with Gasteiger partial charge in [-0.15, -0.1) is 11.3 Å². The van der Waals surface area contributed by atoms with Crippen molar-refractivity contribution in [3.63, 3.8) is 0 Å². The van der Waals surface area contributed by atoms with Crippen molar-refractivity contribution in [1.29, 1.82) is 0 Å². The predicted octanol–water partition coefficient (Wildman–Crippen LogP) is 3.13. The van der Waals surface area contributed by atoms with Gasteiger partial charge in [0.1, 0.15) is 12.1 Å². The van der Waals surface area contributed by atoms with Crippen molar-refractivity contribution >= 4 is 34.3 Å². The first-order chi connectivity index (χ1) is 13.9. The minimum absolute atomic E-state index is 0.337. The third-order valence-corrected chi connectivity index (χ3v) is 6.62. The van der Waals surface area contributed by atoms with E-state index in [1.54, 1.807) is 6.92 Å². The highest BCUT2D eigenvalue weighted by atomic mass is 32.1. The van der Waals surface area contributed by atoms with Crippen LogP contribution in [0.3, 0.4) is 0 Å². The zero-order valence-electron chi connectivity index (χ0n) is 16.6. The van der Waals surface area contributed by atoms with E-state index in [0.717, 1.165) is 41.8 Å². The molecule has 0 radical (unpaired) electrons. The van der Waals surface area contributed by atoms with Gasteiger partial charge < -0.3 is 10.6 Å². The van der Waals surface area contributed by atoms with Crippen LogP contribution in [0.1, 0.15) is 47.9 Å². The van der Waals surface area contributed by atoms with Crippen LogP contribution in [0.4, 0.5) is 9.93 Å². The number of aryl methyl sites for hydroxylation is 3. The topological polar surface area (TPSA) is 91.4 Å². The maximum atomic E-state index is 13.0. The molecule has 0 saturated carbocycles. The fourth-order valence-electron chi connectivity index (χ4n) is 3.81. The summed E-state index contributed by atoms with van der Waals surface area (Å²) in [6.07, 6.45) is 5.39. The number of hydrogen-bond donors (Lipinski definition) is 2. The van der Waals surface area contributed by atoms with Crippen LogP contribution >= 0.6 is 11.3 Å². The van der Waals surface area contributed by atoms with Crippen LogP contribution in [0.25, 0.3) is 0 Å². The third kappa shape index (κ3) is 3.76. The minimum atomic E-state index is -1.18. The molecule has 1 fully saturated rings. The molecule has 1 atom stereocenters. The standard InChI is InChI=1S/C21H24N4O3S/c1-13-8-10-14(11-9-13)21(2)18(27)25(20(28)24-21)12-17(26)23-19-22-15-6-4-3-5-7-16(15)29-19/h8-11H,3-7,12H2,1-2H3,(H,24,28)(H,22,23,26). The van der Waals surface area contributed by atoms with Gasteiger partial charge in [0.25, 0.3) is 5.91 Å². The van der Waals surface area contributed by atoms with Crippen LogP contribution in [0.2, 0.25) is 0 Å². The molecule has 1 aliphatic heterocycles.